The molecule has 3 aromatic heterocycles. The van der Waals surface area contributed by atoms with Crippen LogP contribution in [0.5, 0.6) is 0 Å². The van der Waals surface area contributed by atoms with Crippen molar-refractivity contribution in [3.8, 4) is 11.1 Å². The van der Waals surface area contributed by atoms with E-state index in [1.807, 2.05) is 30.3 Å². The second kappa shape index (κ2) is 12.1. The topological polar surface area (TPSA) is 42.7 Å². The van der Waals surface area contributed by atoms with Gasteiger partial charge in [0.25, 0.3) is 0 Å². The normalized spacial score (nSPS) is 13.2. The number of hydrogen-bond donors (Lipinski definition) is 0. The average Bonchev–Trinajstić information content (AvgIpc) is 3.96. The van der Waals surface area contributed by atoms with E-state index < -0.39 is 0 Å². The molecule has 0 unspecified atom stereocenters. The van der Waals surface area contributed by atoms with E-state index in [1.54, 1.807) is 0 Å². The van der Waals surface area contributed by atoms with Crippen molar-refractivity contribution in [3.63, 3.8) is 0 Å². The third kappa shape index (κ3) is 4.59. The van der Waals surface area contributed by atoms with Crippen LogP contribution < -0.4 is 4.90 Å². The van der Waals surface area contributed by atoms with Gasteiger partial charge in [0.15, 0.2) is 0 Å². The molecule has 4 heteroatoms. The molecule has 1 aliphatic carbocycles. The lowest BCUT2D eigenvalue weighted by Gasteiger charge is -2.28. The van der Waals surface area contributed by atoms with Crippen LogP contribution in [0.2, 0.25) is 0 Å². The molecule has 11 aromatic rings. The summed E-state index contributed by atoms with van der Waals surface area (Å²) < 4.78 is 19.8. The van der Waals surface area contributed by atoms with E-state index in [2.05, 4.69) is 151 Å². The Balaban J connectivity index is 1.14. The van der Waals surface area contributed by atoms with Crippen LogP contribution in [0.1, 0.15) is 18.4 Å². The van der Waals surface area contributed by atoms with Gasteiger partial charge in [0.2, 0.25) is 0 Å². The lowest BCUT2D eigenvalue weighted by atomic mass is 9.96. The zero-order valence-electron chi connectivity index (χ0n) is 30.3. The van der Waals surface area contributed by atoms with Gasteiger partial charge >= 0.3 is 0 Å². The first-order valence-corrected chi connectivity index (χ1v) is 19.2. The maximum absolute atomic E-state index is 7.06. The fraction of sp³-hybridized carbons (Fsp3) is 0.0385. The van der Waals surface area contributed by atoms with Crippen LogP contribution >= 0.6 is 0 Å². The van der Waals surface area contributed by atoms with E-state index >= 15 is 0 Å². The van der Waals surface area contributed by atoms with Crippen LogP contribution in [-0.2, 0) is 0 Å². The van der Waals surface area contributed by atoms with E-state index in [1.165, 1.54) is 11.1 Å². The quantitative estimate of drug-likeness (QED) is 0.178. The van der Waals surface area contributed by atoms with Crippen LogP contribution in [-0.4, -0.2) is 0 Å². The molecule has 4 nitrogen and oxygen atoms in total. The van der Waals surface area contributed by atoms with Gasteiger partial charge in [-0.25, -0.2) is 0 Å². The van der Waals surface area contributed by atoms with Crippen molar-refractivity contribution in [2.24, 2.45) is 0 Å². The Morgan fingerprint density at radius 2 is 1.02 bits per heavy atom. The molecular formula is C52H33NO3. The summed E-state index contributed by atoms with van der Waals surface area (Å²) in [4.78, 5) is 2.40. The van der Waals surface area contributed by atoms with Crippen molar-refractivity contribution in [3.05, 3.63) is 182 Å². The Kier molecular flexibility index (Phi) is 6.72. The molecule has 0 N–H and O–H groups in total. The summed E-state index contributed by atoms with van der Waals surface area (Å²) in [5.74, 6) is 0. The lowest BCUT2D eigenvalue weighted by molar-refractivity contribution is 0.668. The van der Waals surface area contributed by atoms with Crippen molar-refractivity contribution in [2.45, 2.75) is 12.8 Å². The summed E-state index contributed by atoms with van der Waals surface area (Å²) in [5, 5.41) is 8.62. The van der Waals surface area contributed by atoms with Gasteiger partial charge in [-0.2, -0.15) is 0 Å². The molecule has 0 aliphatic heterocycles. The first-order chi connectivity index (χ1) is 27.8. The van der Waals surface area contributed by atoms with Gasteiger partial charge in [0.05, 0.1) is 16.8 Å². The third-order valence-corrected chi connectivity index (χ3v) is 11.5. The monoisotopic (exact) mass is 719 g/mol. The Morgan fingerprint density at radius 1 is 0.411 bits per heavy atom. The lowest BCUT2D eigenvalue weighted by Crippen LogP contribution is -2.11. The smallest absolute Gasteiger partial charge is 0.143 e. The average molecular weight is 720 g/mol. The zero-order chi connectivity index (χ0) is 36.7. The fourth-order valence-corrected chi connectivity index (χ4v) is 8.98. The molecule has 0 fully saturated rings. The number of para-hydroxylation sites is 3. The molecule has 1 aliphatic rings. The Bertz CT molecular complexity index is 3430. The highest BCUT2D eigenvalue weighted by molar-refractivity contribution is 6.24. The maximum atomic E-state index is 7.06. The van der Waals surface area contributed by atoms with Crippen LogP contribution in [0.15, 0.2) is 189 Å². The molecule has 3 heterocycles. The van der Waals surface area contributed by atoms with Crippen LogP contribution in [0, 0.1) is 0 Å². The SMILES string of the molecule is C1=CC(c2ccc(N(c3cc4c5cccc(-c6cccc7oc8ccccc8c67)c5oc4c4ccccc34)c3cccc4oc5ccccc5c34)cc2)=CCC1. The first kappa shape index (κ1) is 31.1. The third-order valence-electron chi connectivity index (χ3n) is 11.5. The number of fused-ring (bicyclic) bond motifs is 11. The highest BCUT2D eigenvalue weighted by atomic mass is 16.3. The summed E-state index contributed by atoms with van der Waals surface area (Å²) in [6.45, 7) is 0. The highest BCUT2D eigenvalue weighted by Gasteiger charge is 2.25. The molecule has 0 bridgehead atoms. The number of furan rings is 3. The van der Waals surface area contributed by atoms with E-state index in [0.717, 1.165) is 118 Å². The Labute approximate surface area is 321 Å². The van der Waals surface area contributed by atoms with Gasteiger partial charge < -0.3 is 18.2 Å². The summed E-state index contributed by atoms with van der Waals surface area (Å²) in [6.07, 6.45) is 8.99. The molecule has 0 atom stereocenters. The molecular weight excluding hydrogens is 687 g/mol. The number of nitrogens with zero attached hydrogens (tertiary/aromatic N) is 1. The highest BCUT2D eigenvalue weighted by Crippen LogP contribution is 2.49. The predicted octanol–water partition coefficient (Wildman–Crippen LogP) is 15.4. The zero-order valence-corrected chi connectivity index (χ0v) is 30.3. The molecule has 0 saturated carbocycles. The fourth-order valence-electron chi connectivity index (χ4n) is 8.98. The number of allylic oxidation sites excluding steroid dienone is 4. The maximum Gasteiger partial charge on any atom is 0.143 e. The van der Waals surface area contributed by atoms with Crippen molar-refractivity contribution in [2.75, 3.05) is 4.90 Å². The van der Waals surface area contributed by atoms with Crippen LogP contribution in [0.25, 0.3) is 93.3 Å². The summed E-state index contributed by atoms with van der Waals surface area (Å²) in [5.41, 5.74) is 13.0. The summed E-state index contributed by atoms with van der Waals surface area (Å²) in [7, 11) is 0. The Hall–Kier alpha value is -7.30. The largest absolute Gasteiger partial charge is 0.456 e. The molecule has 0 radical (unpaired) electrons. The van der Waals surface area contributed by atoms with E-state index in [-0.39, 0.29) is 0 Å². The molecule has 12 rings (SSSR count). The molecule has 0 spiro atoms. The second-order valence-electron chi connectivity index (χ2n) is 14.6. The predicted molar refractivity (Wildman–Crippen MR) is 232 cm³/mol. The van der Waals surface area contributed by atoms with Crippen molar-refractivity contribution in [1.29, 1.82) is 0 Å². The molecule has 0 saturated heterocycles. The van der Waals surface area contributed by atoms with Gasteiger partial charge in [-0.15, -0.1) is 0 Å². The van der Waals surface area contributed by atoms with E-state index in [0.29, 0.717) is 0 Å². The minimum Gasteiger partial charge on any atom is -0.456 e. The van der Waals surface area contributed by atoms with Gasteiger partial charge in [-0.1, -0.05) is 127 Å². The van der Waals surface area contributed by atoms with Gasteiger partial charge in [-0.05, 0) is 78.1 Å². The summed E-state index contributed by atoms with van der Waals surface area (Å²) >= 11 is 0. The molecule has 56 heavy (non-hydrogen) atoms. The van der Waals surface area contributed by atoms with Gasteiger partial charge in [0.1, 0.15) is 33.5 Å². The number of hydrogen-bond acceptors (Lipinski definition) is 4. The molecule has 0 amide bonds. The van der Waals surface area contributed by atoms with E-state index in [9.17, 15) is 0 Å². The van der Waals surface area contributed by atoms with Crippen LogP contribution in [0.3, 0.4) is 0 Å². The van der Waals surface area contributed by atoms with Gasteiger partial charge in [0, 0.05) is 49.0 Å². The Morgan fingerprint density at radius 3 is 1.79 bits per heavy atom. The van der Waals surface area contributed by atoms with E-state index in [4.69, 9.17) is 13.3 Å². The second-order valence-corrected chi connectivity index (χ2v) is 14.6. The molecule has 8 aromatic carbocycles. The van der Waals surface area contributed by atoms with Gasteiger partial charge in [-0.3, -0.25) is 0 Å². The van der Waals surface area contributed by atoms with Crippen molar-refractivity contribution >= 4 is 99.2 Å². The van der Waals surface area contributed by atoms with Crippen molar-refractivity contribution < 1.29 is 13.3 Å². The van der Waals surface area contributed by atoms with Crippen LogP contribution in [0.4, 0.5) is 17.1 Å². The first-order valence-electron chi connectivity index (χ1n) is 19.2. The minimum absolute atomic E-state index is 0.854. The molecule has 264 valence electrons. The number of anilines is 3. The number of rotatable bonds is 5. The number of benzene rings is 8. The van der Waals surface area contributed by atoms with Crippen molar-refractivity contribution in [1.82, 2.24) is 0 Å². The minimum atomic E-state index is 0.854. The summed E-state index contributed by atoms with van der Waals surface area (Å²) in [6, 6.07) is 55.7. The standard InChI is InChI=1S/C52H33NO3/c1-2-13-32(14-3-1)33-27-29-34(30-28-33)53(43-22-12-26-48-50(43)41-18-7-9-24-46(41)55-48)44-31-42-39-21-10-20-38(51(39)56-52(42)37-16-5-4-15-35(37)44)36-19-11-25-47-49(36)40-17-6-8-23-45(40)54-47/h2,4-31H,1,3H2.